The van der Waals surface area contributed by atoms with Gasteiger partial charge in [0.25, 0.3) is 0 Å². The number of para-hydroxylation sites is 1. The van der Waals surface area contributed by atoms with Crippen molar-refractivity contribution in [2.45, 2.75) is 13.3 Å². The molecule has 0 atom stereocenters. The molecule has 20 heavy (non-hydrogen) atoms. The lowest BCUT2D eigenvalue weighted by Crippen LogP contribution is -2.03. The molecule has 0 unspecified atom stereocenters. The van der Waals surface area contributed by atoms with Crippen LogP contribution in [0.15, 0.2) is 36.4 Å². The van der Waals surface area contributed by atoms with Crippen LogP contribution >= 0.6 is 11.6 Å². The molecule has 4 nitrogen and oxygen atoms in total. The number of carboxylic acid groups (broad SMARTS) is 1. The van der Waals surface area contributed by atoms with Crippen LogP contribution in [0.2, 0.25) is 5.02 Å². The van der Waals surface area contributed by atoms with E-state index in [0.29, 0.717) is 16.5 Å². The molecule has 0 aliphatic rings. The van der Waals surface area contributed by atoms with Crippen molar-refractivity contribution in [2.24, 2.45) is 0 Å². The average Bonchev–Trinajstić information content (AvgIpc) is 2.42. The quantitative estimate of drug-likeness (QED) is 0.836. The second kappa shape index (κ2) is 5.84. The molecule has 0 fully saturated rings. The smallest absolute Gasteiger partial charge is 0.337 e. The van der Waals surface area contributed by atoms with Crippen LogP contribution in [0.3, 0.4) is 0 Å². The lowest BCUT2D eigenvalue weighted by atomic mass is 10.1. The molecule has 0 amide bonds. The minimum absolute atomic E-state index is 0.0205. The number of aryl methyl sites for hydroxylation is 1. The summed E-state index contributed by atoms with van der Waals surface area (Å²) >= 11 is 6.04. The summed E-state index contributed by atoms with van der Waals surface area (Å²) in [7, 11) is 0. The maximum Gasteiger partial charge on any atom is 0.337 e. The Morgan fingerprint density at radius 2 is 2.10 bits per heavy atom. The number of benzene rings is 2. The molecule has 0 aliphatic heterocycles. The van der Waals surface area contributed by atoms with Gasteiger partial charge in [-0.15, -0.1) is 0 Å². The summed E-state index contributed by atoms with van der Waals surface area (Å²) < 4.78 is 5.65. The van der Waals surface area contributed by atoms with Crippen LogP contribution in [-0.4, -0.2) is 11.1 Å². The van der Waals surface area contributed by atoms with Gasteiger partial charge in [-0.05, 0) is 42.3 Å². The van der Waals surface area contributed by atoms with Gasteiger partial charge in [-0.2, -0.15) is 0 Å². The highest BCUT2D eigenvalue weighted by Gasteiger charge is 2.12. The number of nitrogens with two attached hydrogens (primary N) is 1. The van der Waals surface area contributed by atoms with Crippen LogP contribution in [0.5, 0.6) is 11.5 Å². The van der Waals surface area contributed by atoms with E-state index in [-0.39, 0.29) is 11.3 Å². The van der Waals surface area contributed by atoms with Crippen LogP contribution < -0.4 is 10.5 Å². The van der Waals surface area contributed by atoms with Gasteiger partial charge in [-0.3, -0.25) is 0 Å². The number of aromatic carboxylic acids is 1. The Hall–Kier alpha value is -2.20. The molecule has 0 spiro atoms. The summed E-state index contributed by atoms with van der Waals surface area (Å²) in [6.07, 6.45) is 0.778. The highest BCUT2D eigenvalue weighted by molar-refractivity contribution is 6.31. The molecular formula is C15H14ClNO3. The van der Waals surface area contributed by atoms with E-state index in [1.807, 2.05) is 13.0 Å². The number of anilines is 1. The first-order chi connectivity index (χ1) is 9.52. The van der Waals surface area contributed by atoms with Gasteiger partial charge >= 0.3 is 5.97 Å². The second-order valence-electron chi connectivity index (χ2n) is 4.23. The first-order valence-corrected chi connectivity index (χ1v) is 6.48. The molecule has 2 aromatic carbocycles. The molecule has 0 radical (unpaired) electrons. The highest BCUT2D eigenvalue weighted by atomic mass is 35.5. The summed E-state index contributed by atoms with van der Waals surface area (Å²) in [6, 6.07) is 9.92. The van der Waals surface area contributed by atoms with Crippen molar-refractivity contribution < 1.29 is 14.6 Å². The third-order valence-electron chi connectivity index (χ3n) is 2.92. The zero-order valence-corrected chi connectivity index (χ0v) is 11.6. The van der Waals surface area contributed by atoms with Crippen molar-refractivity contribution in [3.8, 4) is 11.5 Å². The highest BCUT2D eigenvalue weighted by Crippen LogP contribution is 2.32. The third-order valence-corrected chi connectivity index (χ3v) is 3.29. The van der Waals surface area contributed by atoms with Crippen LogP contribution in [0.4, 0.5) is 5.69 Å². The molecule has 0 bridgehead atoms. The summed E-state index contributed by atoms with van der Waals surface area (Å²) in [6.45, 7) is 1.99. The lowest BCUT2D eigenvalue weighted by Gasteiger charge is -2.11. The van der Waals surface area contributed by atoms with Crippen LogP contribution in [0.1, 0.15) is 22.8 Å². The van der Waals surface area contributed by atoms with Gasteiger partial charge in [0.15, 0.2) is 5.75 Å². The predicted molar refractivity (Wildman–Crippen MR) is 78.7 cm³/mol. The van der Waals surface area contributed by atoms with Crippen molar-refractivity contribution in [3.05, 3.63) is 52.5 Å². The number of ether oxygens (including phenoxy) is 1. The predicted octanol–water partition coefficient (Wildman–Crippen LogP) is 3.98. The van der Waals surface area contributed by atoms with E-state index in [4.69, 9.17) is 27.2 Å². The summed E-state index contributed by atoms with van der Waals surface area (Å²) in [5.41, 5.74) is 6.88. The molecule has 2 rings (SSSR count). The molecule has 0 heterocycles. The number of nitrogen functional groups attached to an aromatic ring is 1. The van der Waals surface area contributed by atoms with Gasteiger partial charge in [0.05, 0.1) is 11.3 Å². The topological polar surface area (TPSA) is 72.5 Å². The number of carbonyl (C=O) groups is 1. The Morgan fingerprint density at radius 3 is 2.75 bits per heavy atom. The van der Waals surface area contributed by atoms with E-state index >= 15 is 0 Å². The lowest BCUT2D eigenvalue weighted by molar-refractivity contribution is 0.0697. The van der Waals surface area contributed by atoms with Crippen molar-refractivity contribution in [1.82, 2.24) is 0 Å². The fraction of sp³-hybridized carbons (Fsp3) is 0.133. The molecular weight excluding hydrogens is 278 g/mol. The maximum atomic E-state index is 11.0. The number of carboxylic acids is 1. The summed E-state index contributed by atoms with van der Waals surface area (Å²) in [5, 5.41) is 9.69. The standard InChI is InChI=1S/C15H14ClNO3/c1-2-9-8-10(6-7-12(9)16)20-13-5-3-4-11(14(13)17)15(18)19/h3-8H,2,17H2,1H3,(H,18,19). The fourth-order valence-corrected chi connectivity index (χ4v) is 2.08. The number of hydrogen-bond donors (Lipinski definition) is 2. The van der Waals surface area contributed by atoms with Gasteiger partial charge in [-0.25, -0.2) is 4.79 Å². The Balaban J connectivity index is 2.35. The molecule has 0 saturated heterocycles. The van der Waals surface area contributed by atoms with Crippen molar-refractivity contribution in [3.63, 3.8) is 0 Å². The van der Waals surface area contributed by atoms with Crippen molar-refractivity contribution >= 4 is 23.3 Å². The van der Waals surface area contributed by atoms with Crippen LogP contribution in [0, 0.1) is 0 Å². The minimum atomic E-state index is -1.08. The normalized spacial score (nSPS) is 10.3. The molecule has 0 aliphatic carbocycles. The fourth-order valence-electron chi connectivity index (χ4n) is 1.83. The molecule has 0 saturated carbocycles. The molecule has 0 aromatic heterocycles. The van der Waals surface area contributed by atoms with Crippen LogP contribution in [0.25, 0.3) is 0 Å². The zero-order chi connectivity index (χ0) is 14.7. The Labute approximate surface area is 121 Å². The SMILES string of the molecule is CCc1cc(Oc2cccc(C(=O)O)c2N)ccc1Cl. The maximum absolute atomic E-state index is 11.0. The average molecular weight is 292 g/mol. The Morgan fingerprint density at radius 1 is 1.35 bits per heavy atom. The summed E-state index contributed by atoms with van der Waals surface area (Å²) in [4.78, 5) is 11.0. The second-order valence-corrected chi connectivity index (χ2v) is 4.64. The molecule has 5 heteroatoms. The van der Waals surface area contributed by atoms with Gasteiger partial charge in [0, 0.05) is 5.02 Å². The minimum Gasteiger partial charge on any atom is -0.478 e. The monoisotopic (exact) mass is 291 g/mol. The van der Waals surface area contributed by atoms with Crippen LogP contribution in [-0.2, 0) is 6.42 Å². The molecule has 2 aromatic rings. The number of rotatable bonds is 4. The Bertz CT molecular complexity index is 656. The van der Waals surface area contributed by atoms with Crippen molar-refractivity contribution in [2.75, 3.05) is 5.73 Å². The third kappa shape index (κ3) is 2.86. The van der Waals surface area contributed by atoms with E-state index in [1.54, 1.807) is 24.3 Å². The summed E-state index contributed by atoms with van der Waals surface area (Å²) in [5.74, 6) is -0.201. The van der Waals surface area contributed by atoms with Gasteiger partial charge in [0.1, 0.15) is 5.75 Å². The Kier molecular flexibility index (Phi) is 4.15. The van der Waals surface area contributed by atoms with Gasteiger partial charge < -0.3 is 15.6 Å². The van der Waals surface area contributed by atoms with E-state index in [9.17, 15) is 4.79 Å². The van der Waals surface area contributed by atoms with Crippen molar-refractivity contribution in [1.29, 1.82) is 0 Å². The van der Waals surface area contributed by atoms with E-state index in [2.05, 4.69) is 0 Å². The molecule has 3 N–H and O–H groups in total. The number of halogens is 1. The van der Waals surface area contributed by atoms with E-state index in [0.717, 1.165) is 12.0 Å². The molecule has 104 valence electrons. The first kappa shape index (κ1) is 14.2. The zero-order valence-electron chi connectivity index (χ0n) is 10.9. The van der Waals surface area contributed by atoms with Gasteiger partial charge in [-0.1, -0.05) is 24.6 Å². The van der Waals surface area contributed by atoms with Gasteiger partial charge in [0.2, 0.25) is 0 Å². The largest absolute Gasteiger partial charge is 0.478 e. The van der Waals surface area contributed by atoms with E-state index < -0.39 is 5.97 Å². The number of hydrogen-bond acceptors (Lipinski definition) is 3. The van der Waals surface area contributed by atoms with E-state index in [1.165, 1.54) is 6.07 Å². The first-order valence-electron chi connectivity index (χ1n) is 6.11.